The molecule has 5 N–H and O–H groups in total. The highest BCUT2D eigenvalue weighted by Crippen LogP contribution is 2.31. The van der Waals surface area contributed by atoms with Gasteiger partial charge in [0.25, 0.3) is 11.8 Å². The minimum atomic E-state index is -0.891. The van der Waals surface area contributed by atoms with Crippen molar-refractivity contribution in [2.75, 3.05) is 10.6 Å². The van der Waals surface area contributed by atoms with Gasteiger partial charge in [0, 0.05) is 11.7 Å². The number of anilines is 2. The molecule has 1 aromatic heterocycles. The quantitative estimate of drug-likeness (QED) is 0.485. The summed E-state index contributed by atoms with van der Waals surface area (Å²) in [4.78, 5) is 39.9. The number of benzene rings is 1. The van der Waals surface area contributed by atoms with E-state index in [2.05, 4.69) is 9.69 Å². The molecule has 3 amide bonds. The predicted molar refractivity (Wildman–Crippen MR) is 127 cm³/mol. The summed E-state index contributed by atoms with van der Waals surface area (Å²) in [6.07, 6.45) is 5.68. The minimum absolute atomic E-state index is 0.0283. The minimum Gasteiger partial charge on any atom is -0.395 e. The number of nitrogens with one attached hydrogen (secondary N) is 1. The maximum Gasteiger partial charge on any atom is 0.272 e. The van der Waals surface area contributed by atoms with Crippen LogP contribution < -0.4 is 21.7 Å². The van der Waals surface area contributed by atoms with E-state index in [1.165, 1.54) is 17.0 Å². The number of nitrogen functional groups attached to an aromatic ring is 1. The Bertz CT molecular complexity index is 1040. The van der Waals surface area contributed by atoms with Crippen molar-refractivity contribution in [2.24, 2.45) is 5.73 Å². The third-order valence-electron chi connectivity index (χ3n) is 5.70. The maximum absolute atomic E-state index is 13.9. The Morgan fingerprint density at radius 1 is 1.33 bits per heavy atom. The van der Waals surface area contributed by atoms with Gasteiger partial charge in [-0.1, -0.05) is 44.2 Å². The lowest BCUT2D eigenvalue weighted by molar-refractivity contribution is -0.123. The smallest absolute Gasteiger partial charge is 0.272 e. The van der Waals surface area contributed by atoms with E-state index in [0.717, 1.165) is 49.7 Å². The Hall–Kier alpha value is -2.72. The predicted octanol–water partition coefficient (Wildman–Crippen LogP) is 3.88. The van der Waals surface area contributed by atoms with Crippen LogP contribution in [0.1, 0.15) is 72.0 Å². The first-order valence-corrected chi connectivity index (χ1v) is 12.0. The van der Waals surface area contributed by atoms with Crippen LogP contribution in [0.15, 0.2) is 18.2 Å². The summed E-state index contributed by atoms with van der Waals surface area (Å²) >= 11 is 6.73. The fraction of sp³-hybridized carbons (Fsp3) is 0.455. The molecule has 1 fully saturated rings. The molecule has 178 valence electrons. The number of primary amides is 1. The van der Waals surface area contributed by atoms with Crippen LogP contribution in [0.2, 0.25) is 5.02 Å². The first-order valence-electron chi connectivity index (χ1n) is 10.9. The van der Waals surface area contributed by atoms with Crippen LogP contribution in [-0.4, -0.2) is 34.2 Å². The highest BCUT2D eigenvalue weighted by atomic mass is 35.5. The zero-order valence-corrected chi connectivity index (χ0v) is 19.8. The highest BCUT2D eigenvalue weighted by molar-refractivity contribution is 7.09. The molecular formula is C22H27ClFN5O3S. The van der Waals surface area contributed by atoms with Gasteiger partial charge in [0.2, 0.25) is 5.91 Å². The van der Waals surface area contributed by atoms with Crippen LogP contribution in [-0.2, 0) is 4.79 Å². The Kier molecular flexibility index (Phi) is 8.25. The fourth-order valence-corrected chi connectivity index (χ4v) is 4.87. The second-order valence-electron chi connectivity index (χ2n) is 8.06. The van der Waals surface area contributed by atoms with Crippen molar-refractivity contribution >= 4 is 52.2 Å². The molecule has 0 unspecified atom stereocenters. The van der Waals surface area contributed by atoms with Crippen LogP contribution >= 0.6 is 23.1 Å². The molecule has 33 heavy (non-hydrogen) atoms. The molecule has 11 heteroatoms. The van der Waals surface area contributed by atoms with Gasteiger partial charge < -0.3 is 16.8 Å². The number of unbranched alkanes of at least 4 members (excludes halogenated alkanes) is 1. The molecule has 1 aliphatic rings. The van der Waals surface area contributed by atoms with Crippen molar-refractivity contribution < 1.29 is 18.8 Å². The number of hydrogen-bond acceptors (Lipinski definition) is 6. The standard InChI is InChI=1S/C22H27ClFN5O3S/c1-2-3-8-16(21(31)27-12-6-4-5-7-12)29(13-9-10-15(24)14(23)11-13)22(32)19-17(25)18(20(26)30)28-33-19/h9-12,16H,2-8,25H2,1H3,(H2,26,30)(H,27,31)/t16-/m1/s1. The molecule has 3 rings (SSSR count). The summed E-state index contributed by atoms with van der Waals surface area (Å²) in [5, 5.41) is 2.86. The molecule has 0 spiro atoms. The zero-order valence-electron chi connectivity index (χ0n) is 18.3. The van der Waals surface area contributed by atoms with Gasteiger partial charge in [-0.25, -0.2) is 4.39 Å². The normalized spacial score (nSPS) is 14.8. The summed E-state index contributed by atoms with van der Waals surface area (Å²) < 4.78 is 17.8. The largest absolute Gasteiger partial charge is 0.395 e. The molecule has 0 bridgehead atoms. The molecule has 8 nitrogen and oxygen atoms in total. The molecule has 0 saturated heterocycles. The monoisotopic (exact) mass is 495 g/mol. The maximum atomic E-state index is 13.9. The second kappa shape index (κ2) is 10.9. The van der Waals surface area contributed by atoms with E-state index >= 15 is 0 Å². The lowest BCUT2D eigenvalue weighted by Gasteiger charge is -2.32. The first-order chi connectivity index (χ1) is 15.7. The van der Waals surface area contributed by atoms with Gasteiger partial charge in [0.05, 0.1) is 10.7 Å². The number of amides is 3. The number of rotatable bonds is 9. The van der Waals surface area contributed by atoms with Crippen molar-refractivity contribution in [1.82, 2.24) is 9.69 Å². The fourth-order valence-electron chi connectivity index (χ4n) is 3.95. The Labute approximate surface area is 200 Å². The number of carbonyl (C=O) groups is 3. The van der Waals surface area contributed by atoms with Gasteiger partial charge in [0.1, 0.15) is 16.7 Å². The van der Waals surface area contributed by atoms with E-state index in [1.54, 1.807) is 0 Å². The SMILES string of the molecule is CCCC[C@H](C(=O)NC1CCCC1)N(C(=O)c1snc(C(N)=O)c1N)c1ccc(F)c(Cl)c1. The van der Waals surface area contributed by atoms with Crippen molar-refractivity contribution in [3.8, 4) is 0 Å². The average Bonchev–Trinajstić information content (AvgIpc) is 3.42. The summed E-state index contributed by atoms with van der Waals surface area (Å²) in [6.45, 7) is 1.98. The van der Waals surface area contributed by atoms with Crippen LogP contribution in [0.3, 0.4) is 0 Å². The molecular weight excluding hydrogens is 469 g/mol. The van der Waals surface area contributed by atoms with Crippen LogP contribution in [0, 0.1) is 5.82 Å². The van der Waals surface area contributed by atoms with Crippen molar-refractivity contribution in [2.45, 2.75) is 64.0 Å². The van der Waals surface area contributed by atoms with Crippen LogP contribution in [0.5, 0.6) is 0 Å². The third kappa shape index (κ3) is 5.62. The lowest BCUT2D eigenvalue weighted by Crippen LogP contribution is -2.52. The molecule has 0 aliphatic heterocycles. The molecule has 1 aliphatic carbocycles. The molecule has 2 aromatic rings. The van der Waals surface area contributed by atoms with Gasteiger partial charge in [-0.2, -0.15) is 4.37 Å². The molecule has 1 heterocycles. The van der Waals surface area contributed by atoms with E-state index in [0.29, 0.717) is 12.8 Å². The van der Waals surface area contributed by atoms with E-state index in [1.807, 2.05) is 6.92 Å². The van der Waals surface area contributed by atoms with Gasteiger partial charge in [0.15, 0.2) is 5.69 Å². The van der Waals surface area contributed by atoms with E-state index < -0.39 is 23.7 Å². The summed E-state index contributed by atoms with van der Waals surface area (Å²) in [7, 11) is 0. The molecule has 1 atom stereocenters. The summed E-state index contributed by atoms with van der Waals surface area (Å²) in [5.74, 6) is -2.45. The Morgan fingerprint density at radius 2 is 2.03 bits per heavy atom. The molecule has 1 saturated carbocycles. The summed E-state index contributed by atoms with van der Waals surface area (Å²) in [6, 6.07) is 2.97. The highest BCUT2D eigenvalue weighted by Gasteiger charge is 2.35. The van der Waals surface area contributed by atoms with Gasteiger partial charge in [-0.3, -0.25) is 19.3 Å². The number of carbonyl (C=O) groups excluding carboxylic acids is 3. The second-order valence-corrected chi connectivity index (χ2v) is 9.24. The van der Waals surface area contributed by atoms with Gasteiger partial charge in [-0.15, -0.1) is 0 Å². The average molecular weight is 496 g/mol. The summed E-state index contributed by atoms with van der Waals surface area (Å²) in [5.41, 5.74) is 11.2. The van der Waals surface area contributed by atoms with Crippen molar-refractivity contribution in [1.29, 1.82) is 0 Å². The molecule has 1 aromatic carbocycles. The Morgan fingerprint density at radius 3 is 2.61 bits per heavy atom. The molecule has 0 radical (unpaired) electrons. The number of halogens is 2. The van der Waals surface area contributed by atoms with E-state index in [9.17, 15) is 18.8 Å². The van der Waals surface area contributed by atoms with Crippen LogP contribution in [0.4, 0.5) is 15.8 Å². The third-order valence-corrected chi connectivity index (χ3v) is 6.84. The number of aromatic nitrogens is 1. The topological polar surface area (TPSA) is 131 Å². The van der Waals surface area contributed by atoms with Crippen LogP contribution in [0.25, 0.3) is 0 Å². The number of hydrogen-bond donors (Lipinski definition) is 3. The van der Waals surface area contributed by atoms with Gasteiger partial charge in [-0.05, 0) is 49.0 Å². The van der Waals surface area contributed by atoms with Gasteiger partial charge >= 0.3 is 0 Å². The first kappa shape index (κ1) is 24.9. The number of nitrogens with zero attached hydrogens (tertiary/aromatic N) is 2. The van der Waals surface area contributed by atoms with Crippen molar-refractivity contribution in [3.05, 3.63) is 39.6 Å². The van der Waals surface area contributed by atoms with Crippen molar-refractivity contribution in [3.63, 3.8) is 0 Å². The van der Waals surface area contributed by atoms with E-state index in [4.69, 9.17) is 23.1 Å². The lowest BCUT2D eigenvalue weighted by atomic mass is 10.0. The van der Waals surface area contributed by atoms with E-state index in [-0.39, 0.29) is 38.9 Å². The Balaban J connectivity index is 2.06. The zero-order chi connectivity index (χ0) is 24.1. The number of nitrogens with two attached hydrogens (primary N) is 2.